The number of hydrogen-bond donors (Lipinski definition) is 1. The molecule has 27 heavy (non-hydrogen) atoms. The summed E-state index contributed by atoms with van der Waals surface area (Å²) >= 11 is 5.90. The fraction of sp³-hybridized carbons (Fsp3) is 0.263. The van der Waals surface area contributed by atoms with Crippen LogP contribution in [0.25, 0.3) is 0 Å². The first-order valence-corrected chi connectivity index (χ1v) is 8.55. The molecular weight excluding hydrogens is 374 g/mol. The Morgan fingerprint density at radius 1 is 1.00 bits per heavy atom. The molecule has 0 fully saturated rings. The normalized spacial score (nSPS) is 10.0. The molecule has 8 heteroatoms. The number of para-hydroxylation sites is 2. The van der Waals surface area contributed by atoms with Crippen LogP contribution in [0, 0.1) is 0 Å². The Balaban J connectivity index is 1.82. The molecule has 0 unspecified atom stereocenters. The summed E-state index contributed by atoms with van der Waals surface area (Å²) in [5.74, 6) is 0.172. The molecule has 0 aromatic heterocycles. The van der Waals surface area contributed by atoms with Crippen LogP contribution in [0.2, 0.25) is 5.02 Å². The minimum Gasteiger partial charge on any atom is -0.495 e. The van der Waals surface area contributed by atoms with E-state index in [-0.39, 0.29) is 6.61 Å². The second kappa shape index (κ2) is 10.3. The zero-order chi connectivity index (χ0) is 19.6. The number of nitrogens with one attached hydrogen (secondary N) is 1. The molecule has 2 rings (SSSR count). The molecule has 0 heterocycles. The molecule has 0 aliphatic rings. The average Bonchev–Trinajstić information content (AvgIpc) is 2.66. The van der Waals surface area contributed by atoms with Crippen molar-refractivity contribution >= 4 is 29.2 Å². The fourth-order valence-corrected chi connectivity index (χ4v) is 2.30. The third kappa shape index (κ3) is 6.38. The lowest BCUT2D eigenvalue weighted by atomic mass is 10.3. The highest BCUT2D eigenvalue weighted by atomic mass is 35.5. The van der Waals surface area contributed by atoms with Crippen LogP contribution in [0.15, 0.2) is 42.5 Å². The topological polar surface area (TPSA) is 83.1 Å². The molecule has 0 radical (unpaired) electrons. The Bertz CT molecular complexity index is 796. The minimum atomic E-state index is -0.686. The van der Waals surface area contributed by atoms with Crippen molar-refractivity contribution in [3.05, 3.63) is 47.5 Å². The van der Waals surface area contributed by atoms with Gasteiger partial charge in [0.05, 0.1) is 19.4 Å². The van der Waals surface area contributed by atoms with E-state index in [1.807, 2.05) is 6.92 Å². The van der Waals surface area contributed by atoms with E-state index in [0.29, 0.717) is 34.6 Å². The number of ether oxygens (including phenoxy) is 4. The highest BCUT2D eigenvalue weighted by Gasteiger charge is 2.12. The lowest BCUT2D eigenvalue weighted by Crippen LogP contribution is -2.24. The van der Waals surface area contributed by atoms with Crippen LogP contribution >= 0.6 is 11.6 Å². The summed E-state index contributed by atoms with van der Waals surface area (Å²) in [5.41, 5.74) is 0.382. The molecule has 7 nitrogen and oxygen atoms in total. The molecular formula is C19H20ClNO6. The molecule has 0 saturated carbocycles. The van der Waals surface area contributed by atoms with Gasteiger partial charge in [0.25, 0.3) is 5.91 Å². The molecule has 2 aromatic carbocycles. The van der Waals surface area contributed by atoms with E-state index < -0.39 is 18.5 Å². The Morgan fingerprint density at radius 2 is 1.70 bits per heavy atom. The predicted molar refractivity (Wildman–Crippen MR) is 101 cm³/mol. The second-order valence-corrected chi connectivity index (χ2v) is 5.66. The van der Waals surface area contributed by atoms with Crippen LogP contribution in [0.4, 0.5) is 5.69 Å². The first kappa shape index (κ1) is 20.4. The summed E-state index contributed by atoms with van der Waals surface area (Å²) < 4.78 is 20.8. The smallest absolute Gasteiger partial charge is 0.344 e. The van der Waals surface area contributed by atoms with E-state index in [0.717, 1.165) is 0 Å². The van der Waals surface area contributed by atoms with E-state index in [9.17, 15) is 9.59 Å². The van der Waals surface area contributed by atoms with Crippen molar-refractivity contribution in [1.29, 1.82) is 0 Å². The third-order valence-electron chi connectivity index (χ3n) is 3.29. The Kier molecular flexibility index (Phi) is 7.76. The van der Waals surface area contributed by atoms with Crippen molar-refractivity contribution in [1.82, 2.24) is 0 Å². The minimum absolute atomic E-state index is 0.349. The number of benzene rings is 2. The predicted octanol–water partition coefficient (Wildman–Crippen LogP) is 3.31. The molecule has 144 valence electrons. The SMILES string of the molecule is CCOc1ccccc1OCC(=O)OCC(=O)Nc1cc(Cl)ccc1OC. The second-order valence-electron chi connectivity index (χ2n) is 5.22. The van der Waals surface area contributed by atoms with Gasteiger partial charge in [0.1, 0.15) is 5.75 Å². The van der Waals surface area contributed by atoms with Gasteiger partial charge in [-0.3, -0.25) is 4.79 Å². The molecule has 0 saturated heterocycles. The summed E-state index contributed by atoms with van der Waals surface area (Å²) in [6, 6.07) is 11.8. The molecule has 0 aliphatic heterocycles. The Hall–Kier alpha value is -2.93. The zero-order valence-electron chi connectivity index (χ0n) is 15.0. The molecule has 1 amide bonds. The third-order valence-corrected chi connectivity index (χ3v) is 3.53. The zero-order valence-corrected chi connectivity index (χ0v) is 15.7. The summed E-state index contributed by atoms with van der Waals surface area (Å²) in [7, 11) is 1.47. The van der Waals surface area contributed by atoms with Crippen LogP contribution < -0.4 is 19.5 Å². The number of anilines is 1. The molecule has 0 aliphatic carbocycles. The van der Waals surface area contributed by atoms with Crippen molar-refractivity contribution < 1.29 is 28.5 Å². The average molecular weight is 394 g/mol. The van der Waals surface area contributed by atoms with E-state index in [1.165, 1.54) is 13.2 Å². The summed E-state index contributed by atoms with van der Waals surface area (Å²) in [6.45, 7) is 1.50. The summed E-state index contributed by atoms with van der Waals surface area (Å²) in [4.78, 5) is 23.8. The maximum atomic E-state index is 12.0. The Labute approximate surface area is 162 Å². The van der Waals surface area contributed by atoms with Gasteiger partial charge in [-0.25, -0.2) is 4.79 Å². The van der Waals surface area contributed by atoms with Crippen molar-refractivity contribution in [2.24, 2.45) is 0 Å². The van der Waals surface area contributed by atoms with Crippen LogP contribution in [0.5, 0.6) is 17.2 Å². The van der Waals surface area contributed by atoms with Crippen LogP contribution in [-0.4, -0.2) is 38.8 Å². The fourth-order valence-electron chi connectivity index (χ4n) is 2.13. The van der Waals surface area contributed by atoms with Gasteiger partial charge in [-0.05, 0) is 37.3 Å². The van der Waals surface area contributed by atoms with Crippen molar-refractivity contribution in [2.75, 3.05) is 32.2 Å². The quantitative estimate of drug-likeness (QED) is 0.658. The maximum Gasteiger partial charge on any atom is 0.344 e. The first-order chi connectivity index (χ1) is 13.0. The number of esters is 1. The van der Waals surface area contributed by atoms with Crippen LogP contribution in [0.1, 0.15) is 6.92 Å². The monoisotopic (exact) mass is 393 g/mol. The maximum absolute atomic E-state index is 12.0. The standard InChI is InChI=1S/C19H20ClNO6/c1-3-25-16-6-4-5-7-17(16)26-12-19(23)27-11-18(22)21-14-10-13(20)8-9-15(14)24-2/h4-10H,3,11-12H2,1-2H3,(H,21,22). The van der Waals surface area contributed by atoms with E-state index in [1.54, 1.807) is 36.4 Å². The lowest BCUT2D eigenvalue weighted by molar-refractivity contribution is -0.149. The molecule has 0 spiro atoms. The van der Waals surface area contributed by atoms with E-state index >= 15 is 0 Å². The highest BCUT2D eigenvalue weighted by Crippen LogP contribution is 2.28. The number of methoxy groups -OCH3 is 1. The summed E-state index contributed by atoms with van der Waals surface area (Å²) in [5, 5.41) is 3.01. The van der Waals surface area contributed by atoms with Gasteiger partial charge in [-0.2, -0.15) is 0 Å². The number of hydrogen-bond acceptors (Lipinski definition) is 6. The first-order valence-electron chi connectivity index (χ1n) is 8.17. The van der Waals surface area contributed by atoms with Crippen molar-refractivity contribution in [3.63, 3.8) is 0 Å². The number of amides is 1. The lowest BCUT2D eigenvalue weighted by Gasteiger charge is -2.12. The largest absolute Gasteiger partial charge is 0.495 e. The molecule has 0 atom stereocenters. The number of carbonyl (C=O) groups is 2. The van der Waals surface area contributed by atoms with Gasteiger partial charge >= 0.3 is 5.97 Å². The van der Waals surface area contributed by atoms with Gasteiger partial charge in [0, 0.05) is 5.02 Å². The van der Waals surface area contributed by atoms with E-state index in [4.69, 9.17) is 30.5 Å². The molecule has 0 bridgehead atoms. The van der Waals surface area contributed by atoms with Crippen LogP contribution in [-0.2, 0) is 14.3 Å². The van der Waals surface area contributed by atoms with Crippen molar-refractivity contribution in [3.8, 4) is 17.2 Å². The van der Waals surface area contributed by atoms with Crippen LogP contribution in [0.3, 0.4) is 0 Å². The highest BCUT2D eigenvalue weighted by molar-refractivity contribution is 6.31. The molecule has 2 aromatic rings. The number of rotatable bonds is 9. The van der Waals surface area contributed by atoms with Crippen molar-refractivity contribution in [2.45, 2.75) is 6.92 Å². The van der Waals surface area contributed by atoms with Gasteiger partial charge in [0.2, 0.25) is 0 Å². The van der Waals surface area contributed by atoms with Gasteiger partial charge in [-0.15, -0.1) is 0 Å². The van der Waals surface area contributed by atoms with Gasteiger partial charge in [0.15, 0.2) is 24.7 Å². The van der Waals surface area contributed by atoms with E-state index in [2.05, 4.69) is 5.32 Å². The summed E-state index contributed by atoms with van der Waals surface area (Å²) in [6.07, 6.45) is 0. The van der Waals surface area contributed by atoms with Gasteiger partial charge in [-0.1, -0.05) is 23.7 Å². The number of halogens is 1. The molecule has 1 N–H and O–H groups in total. The number of carbonyl (C=O) groups excluding carboxylic acids is 2. The Morgan fingerprint density at radius 3 is 2.37 bits per heavy atom. The van der Waals surface area contributed by atoms with Gasteiger partial charge < -0.3 is 24.3 Å².